The number of guanidine groups is 1. The van der Waals surface area contributed by atoms with Crippen molar-refractivity contribution in [3.05, 3.63) is 47.8 Å². The molecular formula is C17H26IN5O. The molecule has 2 rings (SSSR count). The number of phenols is 1. The standard InChI is InChI=1S/C17H25N5O.HI/c1-18-17(21(2)12-15-11-20-22(3)13-15)19-10-4-5-14-6-8-16(23)9-7-14;/h6-9,11,13,23H,4-5,10,12H2,1-3H3,(H,18,19);1H. The number of phenolic OH excluding ortho intramolecular Hbond substituents is 1. The second-order valence-electron chi connectivity index (χ2n) is 5.62. The lowest BCUT2D eigenvalue weighted by Crippen LogP contribution is -2.38. The zero-order chi connectivity index (χ0) is 16.7. The van der Waals surface area contributed by atoms with Gasteiger partial charge in [-0.25, -0.2) is 0 Å². The van der Waals surface area contributed by atoms with Gasteiger partial charge < -0.3 is 15.3 Å². The Hall–Kier alpha value is -1.77. The van der Waals surface area contributed by atoms with Crippen LogP contribution in [0.5, 0.6) is 5.75 Å². The third-order valence-electron chi connectivity index (χ3n) is 3.61. The van der Waals surface area contributed by atoms with E-state index in [2.05, 4.69) is 20.3 Å². The molecule has 132 valence electrons. The van der Waals surface area contributed by atoms with Crippen LogP contribution in [0.15, 0.2) is 41.7 Å². The van der Waals surface area contributed by atoms with Crippen molar-refractivity contribution < 1.29 is 5.11 Å². The Balaban J connectivity index is 0.00000288. The second-order valence-corrected chi connectivity index (χ2v) is 5.62. The lowest BCUT2D eigenvalue weighted by Gasteiger charge is -2.21. The highest BCUT2D eigenvalue weighted by Gasteiger charge is 2.07. The topological polar surface area (TPSA) is 65.7 Å². The van der Waals surface area contributed by atoms with Gasteiger partial charge in [-0.1, -0.05) is 12.1 Å². The first-order valence-corrected chi connectivity index (χ1v) is 7.75. The van der Waals surface area contributed by atoms with Gasteiger partial charge in [-0.05, 0) is 30.5 Å². The number of hydrogen-bond donors (Lipinski definition) is 2. The van der Waals surface area contributed by atoms with E-state index in [1.165, 1.54) is 5.56 Å². The first-order valence-electron chi connectivity index (χ1n) is 7.75. The molecule has 6 nitrogen and oxygen atoms in total. The van der Waals surface area contributed by atoms with Gasteiger partial charge in [0.25, 0.3) is 0 Å². The van der Waals surface area contributed by atoms with Crippen molar-refractivity contribution in [2.24, 2.45) is 12.0 Å². The highest BCUT2D eigenvalue weighted by molar-refractivity contribution is 14.0. The van der Waals surface area contributed by atoms with Crippen molar-refractivity contribution in [3.63, 3.8) is 0 Å². The van der Waals surface area contributed by atoms with Gasteiger partial charge in [0.05, 0.1) is 6.20 Å². The molecule has 0 saturated carbocycles. The molecule has 0 saturated heterocycles. The fourth-order valence-electron chi connectivity index (χ4n) is 2.44. The van der Waals surface area contributed by atoms with Crippen LogP contribution in [0.3, 0.4) is 0 Å². The molecule has 0 bridgehead atoms. The summed E-state index contributed by atoms with van der Waals surface area (Å²) in [4.78, 5) is 6.40. The molecular weight excluding hydrogens is 417 g/mol. The molecule has 0 aliphatic rings. The molecule has 2 N–H and O–H groups in total. The number of aromatic nitrogens is 2. The molecule has 0 spiro atoms. The van der Waals surface area contributed by atoms with Crippen LogP contribution in [0.4, 0.5) is 0 Å². The fraction of sp³-hybridized carbons (Fsp3) is 0.412. The van der Waals surface area contributed by atoms with Gasteiger partial charge in [-0.2, -0.15) is 5.10 Å². The number of nitrogens with zero attached hydrogens (tertiary/aromatic N) is 4. The number of hydrogen-bond acceptors (Lipinski definition) is 3. The van der Waals surface area contributed by atoms with Gasteiger partial charge in [-0.3, -0.25) is 9.67 Å². The smallest absolute Gasteiger partial charge is 0.193 e. The van der Waals surface area contributed by atoms with Crippen LogP contribution >= 0.6 is 24.0 Å². The molecule has 0 fully saturated rings. The summed E-state index contributed by atoms with van der Waals surface area (Å²) in [7, 11) is 5.73. The molecule has 7 heteroatoms. The van der Waals surface area contributed by atoms with Crippen molar-refractivity contribution >= 4 is 29.9 Å². The Labute approximate surface area is 160 Å². The number of aromatic hydroxyl groups is 1. The molecule has 0 aliphatic carbocycles. The summed E-state index contributed by atoms with van der Waals surface area (Å²) in [6, 6.07) is 7.37. The van der Waals surface area contributed by atoms with Gasteiger partial charge in [-0.15, -0.1) is 24.0 Å². The number of halogens is 1. The summed E-state index contributed by atoms with van der Waals surface area (Å²) >= 11 is 0. The van der Waals surface area contributed by atoms with Crippen LogP contribution in [0.25, 0.3) is 0 Å². The molecule has 1 aromatic heterocycles. The molecule has 0 amide bonds. The third kappa shape index (κ3) is 6.38. The quantitative estimate of drug-likeness (QED) is 0.312. The molecule has 1 aromatic carbocycles. The lowest BCUT2D eigenvalue weighted by atomic mass is 10.1. The Morgan fingerprint density at radius 2 is 2.00 bits per heavy atom. The fourth-order valence-corrected chi connectivity index (χ4v) is 2.44. The molecule has 0 radical (unpaired) electrons. The number of aryl methyl sites for hydroxylation is 2. The van der Waals surface area contributed by atoms with E-state index in [-0.39, 0.29) is 24.0 Å². The van der Waals surface area contributed by atoms with E-state index in [0.29, 0.717) is 5.75 Å². The van der Waals surface area contributed by atoms with Gasteiger partial charge in [0.15, 0.2) is 5.96 Å². The van der Waals surface area contributed by atoms with Crippen molar-refractivity contribution in [3.8, 4) is 5.75 Å². The normalized spacial score (nSPS) is 11.0. The summed E-state index contributed by atoms with van der Waals surface area (Å²) < 4.78 is 1.80. The van der Waals surface area contributed by atoms with Crippen molar-refractivity contribution in [2.45, 2.75) is 19.4 Å². The maximum Gasteiger partial charge on any atom is 0.193 e. The van der Waals surface area contributed by atoms with Gasteiger partial charge in [0.1, 0.15) is 5.75 Å². The summed E-state index contributed by atoms with van der Waals surface area (Å²) in [5.74, 6) is 1.18. The number of benzene rings is 1. The SMILES string of the molecule is CN=C(NCCCc1ccc(O)cc1)N(C)Cc1cnn(C)c1.I. The number of aliphatic imine (C=N–C) groups is 1. The van der Waals surface area contributed by atoms with E-state index in [1.807, 2.05) is 38.6 Å². The number of rotatable bonds is 6. The number of nitrogens with one attached hydrogen (secondary N) is 1. The minimum atomic E-state index is 0. The van der Waals surface area contributed by atoms with Crippen molar-refractivity contribution in [2.75, 3.05) is 20.6 Å². The highest BCUT2D eigenvalue weighted by atomic mass is 127. The molecule has 1 heterocycles. The summed E-state index contributed by atoms with van der Waals surface area (Å²) in [5.41, 5.74) is 2.38. The highest BCUT2D eigenvalue weighted by Crippen LogP contribution is 2.10. The lowest BCUT2D eigenvalue weighted by molar-refractivity contribution is 0.474. The summed E-state index contributed by atoms with van der Waals surface area (Å²) in [6.45, 7) is 1.62. The third-order valence-corrected chi connectivity index (χ3v) is 3.61. The minimum Gasteiger partial charge on any atom is -0.508 e. The van der Waals surface area contributed by atoms with Crippen LogP contribution < -0.4 is 5.32 Å². The van der Waals surface area contributed by atoms with Gasteiger partial charge >= 0.3 is 0 Å². The van der Waals surface area contributed by atoms with Crippen molar-refractivity contribution in [1.82, 2.24) is 20.0 Å². The molecule has 2 aromatic rings. The van der Waals surface area contributed by atoms with E-state index >= 15 is 0 Å². The molecule has 0 aliphatic heterocycles. The van der Waals surface area contributed by atoms with E-state index in [0.717, 1.165) is 37.5 Å². The van der Waals surface area contributed by atoms with E-state index in [9.17, 15) is 5.11 Å². The largest absolute Gasteiger partial charge is 0.508 e. The maximum atomic E-state index is 9.28. The Morgan fingerprint density at radius 3 is 2.58 bits per heavy atom. The molecule has 24 heavy (non-hydrogen) atoms. The first kappa shape index (κ1) is 20.3. The van der Waals surface area contributed by atoms with E-state index in [1.54, 1.807) is 23.9 Å². The van der Waals surface area contributed by atoms with Crippen LogP contribution in [-0.2, 0) is 20.0 Å². The average molecular weight is 443 g/mol. The van der Waals surface area contributed by atoms with Crippen LogP contribution in [0.1, 0.15) is 17.5 Å². The predicted octanol–water partition coefficient (Wildman–Crippen LogP) is 2.38. The molecule has 0 unspecified atom stereocenters. The van der Waals surface area contributed by atoms with Crippen LogP contribution in [0.2, 0.25) is 0 Å². The average Bonchev–Trinajstić information content (AvgIpc) is 2.94. The predicted molar refractivity (Wildman–Crippen MR) is 108 cm³/mol. The van der Waals surface area contributed by atoms with E-state index in [4.69, 9.17) is 0 Å². The first-order chi connectivity index (χ1) is 11.1. The Morgan fingerprint density at radius 1 is 1.29 bits per heavy atom. The van der Waals surface area contributed by atoms with Crippen LogP contribution in [-0.4, -0.2) is 46.4 Å². The Kier molecular flexibility index (Phi) is 8.59. The van der Waals surface area contributed by atoms with Crippen molar-refractivity contribution in [1.29, 1.82) is 0 Å². The van der Waals surface area contributed by atoms with Crippen LogP contribution in [0, 0.1) is 0 Å². The minimum absolute atomic E-state index is 0. The zero-order valence-electron chi connectivity index (χ0n) is 14.4. The second kappa shape index (κ2) is 10.2. The summed E-state index contributed by atoms with van der Waals surface area (Å²) in [6.07, 6.45) is 5.85. The molecule has 0 atom stereocenters. The van der Waals surface area contributed by atoms with Gasteiger partial charge in [0, 0.05) is 46.0 Å². The Bertz CT molecular complexity index is 639. The maximum absolute atomic E-state index is 9.28. The van der Waals surface area contributed by atoms with Gasteiger partial charge in [0.2, 0.25) is 0 Å². The van der Waals surface area contributed by atoms with E-state index < -0.39 is 0 Å². The zero-order valence-corrected chi connectivity index (χ0v) is 16.8. The monoisotopic (exact) mass is 443 g/mol. The summed E-state index contributed by atoms with van der Waals surface area (Å²) in [5, 5.41) is 16.8.